The molecular formula is C17H19NO2. The zero-order valence-electron chi connectivity index (χ0n) is 12.3. The molecule has 1 aromatic heterocycles. The first-order valence-electron chi connectivity index (χ1n) is 6.63. The summed E-state index contributed by atoms with van der Waals surface area (Å²) in [4.78, 5) is 15.8. The normalized spacial score (nSPS) is 11.2. The first-order chi connectivity index (χ1) is 9.39. The number of ether oxygens (including phenoxy) is 1. The molecule has 1 aromatic carbocycles. The third-order valence-electron chi connectivity index (χ3n) is 3.05. The van der Waals surface area contributed by atoms with Crippen LogP contribution >= 0.6 is 0 Å². The van der Waals surface area contributed by atoms with Crippen molar-refractivity contribution in [3.05, 3.63) is 53.7 Å². The van der Waals surface area contributed by atoms with E-state index in [1.54, 1.807) is 18.3 Å². The Balaban J connectivity index is 2.44. The van der Waals surface area contributed by atoms with Gasteiger partial charge in [0.25, 0.3) is 0 Å². The molecule has 0 amide bonds. The van der Waals surface area contributed by atoms with Crippen molar-refractivity contribution in [1.29, 1.82) is 0 Å². The van der Waals surface area contributed by atoms with Crippen molar-refractivity contribution in [1.82, 2.24) is 4.98 Å². The van der Waals surface area contributed by atoms with E-state index in [0.29, 0.717) is 11.4 Å². The summed E-state index contributed by atoms with van der Waals surface area (Å²) in [5.74, 6) is 1.04. The number of para-hydroxylation sites is 1. The average molecular weight is 269 g/mol. The van der Waals surface area contributed by atoms with Crippen LogP contribution in [0, 0.1) is 0 Å². The van der Waals surface area contributed by atoms with Crippen LogP contribution in [0.5, 0.6) is 11.6 Å². The van der Waals surface area contributed by atoms with E-state index in [9.17, 15) is 4.79 Å². The van der Waals surface area contributed by atoms with Crippen LogP contribution in [0.2, 0.25) is 0 Å². The fraction of sp³-hybridized carbons (Fsp3) is 0.294. The number of rotatable bonds is 3. The Morgan fingerprint density at radius 1 is 1.10 bits per heavy atom. The van der Waals surface area contributed by atoms with Gasteiger partial charge in [-0.25, -0.2) is 4.98 Å². The van der Waals surface area contributed by atoms with Gasteiger partial charge in [-0.15, -0.1) is 0 Å². The zero-order valence-corrected chi connectivity index (χ0v) is 12.3. The summed E-state index contributed by atoms with van der Waals surface area (Å²) in [5, 5.41) is 0. The van der Waals surface area contributed by atoms with E-state index >= 15 is 0 Å². The largest absolute Gasteiger partial charge is 0.438 e. The number of carbonyl (C=O) groups is 1. The molecule has 1 heterocycles. The van der Waals surface area contributed by atoms with E-state index in [2.05, 4.69) is 25.8 Å². The van der Waals surface area contributed by atoms with E-state index in [-0.39, 0.29) is 11.2 Å². The van der Waals surface area contributed by atoms with Crippen LogP contribution in [-0.4, -0.2) is 10.8 Å². The maximum Gasteiger partial charge on any atom is 0.230 e. The molecule has 0 saturated heterocycles. The molecular weight excluding hydrogens is 250 g/mol. The van der Waals surface area contributed by atoms with Gasteiger partial charge in [-0.3, -0.25) is 4.79 Å². The predicted molar refractivity (Wildman–Crippen MR) is 79.5 cm³/mol. The predicted octanol–water partition coefficient (Wildman–Crippen LogP) is 4.37. The molecule has 0 radical (unpaired) electrons. The molecule has 0 unspecified atom stereocenters. The standard InChI is InChI=1S/C17H19NO2/c1-12(19)13-8-7-11-18-16(13)20-15-10-6-5-9-14(15)17(2,3)4/h5-11H,1-4H3. The molecule has 3 heteroatoms. The minimum atomic E-state index is -0.0543. The molecule has 0 aliphatic carbocycles. The van der Waals surface area contributed by atoms with Crippen LogP contribution in [0.25, 0.3) is 0 Å². The van der Waals surface area contributed by atoms with Crippen LogP contribution < -0.4 is 4.74 Å². The van der Waals surface area contributed by atoms with Crippen molar-refractivity contribution in [2.75, 3.05) is 0 Å². The first kappa shape index (κ1) is 14.3. The molecule has 2 aromatic rings. The zero-order chi connectivity index (χ0) is 14.8. The molecule has 0 N–H and O–H groups in total. The SMILES string of the molecule is CC(=O)c1cccnc1Oc1ccccc1C(C)(C)C. The maximum atomic E-state index is 11.6. The molecule has 2 rings (SSSR count). The third-order valence-corrected chi connectivity index (χ3v) is 3.05. The summed E-state index contributed by atoms with van der Waals surface area (Å²) in [6, 6.07) is 11.3. The van der Waals surface area contributed by atoms with Gasteiger partial charge in [-0.05, 0) is 30.5 Å². The lowest BCUT2D eigenvalue weighted by atomic mass is 9.86. The summed E-state index contributed by atoms with van der Waals surface area (Å²) in [6.45, 7) is 7.89. The molecule has 0 spiro atoms. The van der Waals surface area contributed by atoms with Gasteiger partial charge in [0.05, 0.1) is 5.56 Å². The summed E-state index contributed by atoms with van der Waals surface area (Å²) in [5.41, 5.74) is 1.54. The minimum absolute atomic E-state index is 0.0399. The number of pyridine rings is 1. The highest BCUT2D eigenvalue weighted by atomic mass is 16.5. The van der Waals surface area contributed by atoms with Gasteiger partial charge in [-0.2, -0.15) is 0 Å². The van der Waals surface area contributed by atoms with Crippen molar-refractivity contribution in [2.45, 2.75) is 33.1 Å². The summed E-state index contributed by atoms with van der Waals surface area (Å²) in [6.07, 6.45) is 1.63. The highest BCUT2D eigenvalue weighted by molar-refractivity contribution is 5.96. The van der Waals surface area contributed by atoms with Crippen LogP contribution in [0.3, 0.4) is 0 Å². The van der Waals surface area contributed by atoms with E-state index in [1.165, 1.54) is 6.92 Å². The lowest BCUT2D eigenvalue weighted by Gasteiger charge is -2.22. The monoisotopic (exact) mass is 269 g/mol. The molecule has 3 nitrogen and oxygen atoms in total. The van der Waals surface area contributed by atoms with Gasteiger partial charge in [-0.1, -0.05) is 39.0 Å². The second kappa shape index (κ2) is 5.45. The van der Waals surface area contributed by atoms with E-state index < -0.39 is 0 Å². The van der Waals surface area contributed by atoms with E-state index in [4.69, 9.17) is 4.74 Å². The molecule has 0 fully saturated rings. The Hall–Kier alpha value is -2.16. The van der Waals surface area contributed by atoms with Crippen molar-refractivity contribution in [3.63, 3.8) is 0 Å². The van der Waals surface area contributed by atoms with Crippen LogP contribution in [0.15, 0.2) is 42.6 Å². The number of hydrogen-bond acceptors (Lipinski definition) is 3. The van der Waals surface area contributed by atoms with Crippen LogP contribution in [-0.2, 0) is 5.41 Å². The summed E-state index contributed by atoms with van der Waals surface area (Å²) in [7, 11) is 0. The summed E-state index contributed by atoms with van der Waals surface area (Å²) >= 11 is 0. The van der Waals surface area contributed by atoms with Crippen molar-refractivity contribution in [3.8, 4) is 11.6 Å². The fourth-order valence-electron chi connectivity index (χ4n) is 2.02. The number of benzene rings is 1. The van der Waals surface area contributed by atoms with Crippen molar-refractivity contribution >= 4 is 5.78 Å². The van der Waals surface area contributed by atoms with Crippen LogP contribution in [0.4, 0.5) is 0 Å². The number of nitrogens with zero attached hydrogens (tertiary/aromatic N) is 1. The smallest absolute Gasteiger partial charge is 0.230 e. The Labute approximate surface area is 119 Å². The Kier molecular flexibility index (Phi) is 3.89. The Morgan fingerprint density at radius 2 is 1.80 bits per heavy atom. The molecule has 20 heavy (non-hydrogen) atoms. The van der Waals surface area contributed by atoms with Gasteiger partial charge in [0.2, 0.25) is 5.88 Å². The molecule has 0 aliphatic rings. The van der Waals surface area contributed by atoms with Gasteiger partial charge < -0.3 is 4.74 Å². The lowest BCUT2D eigenvalue weighted by molar-refractivity contribution is 0.101. The molecule has 0 aliphatic heterocycles. The highest BCUT2D eigenvalue weighted by Gasteiger charge is 2.20. The number of Topliss-reactive ketones (excluding diaryl/α,β-unsaturated/α-hetero) is 1. The fourth-order valence-corrected chi connectivity index (χ4v) is 2.02. The van der Waals surface area contributed by atoms with Gasteiger partial charge in [0.1, 0.15) is 5.75 Å². The number of ketones is 1. The van der Waals surface area contributed by atoms with Crippen LogP contribution in [0.1, 0.15) is 43.6 Å². The second-order valence-electron chi connectivity index (χ2n) is 5.76. The number of hydrogen-bond donors (Lipinski definition) is 0. The van der Waals surface area contributed by atoms with Crippen molar-refractivity contribution < 1.29 is 9.53 Å². The van der Waals surface area contributed by atoms with Gasteiger partial charge in [0.15, 0.2) is 5.78 Å². The average Bonchev–Trinajstić information content (AvgIpc) is 2.38. The first-order valence-corrected chi connectivity index (χ1v) is 6.63. The molecule has 0 bridgehead atoms. The van der Waals surface area contributed by atoms with Crippen molar-refractivity contribution in [2.24, 2.45) is 0 Å². The second-order valence-corrected chi connectivity index (χ2v) is 5.76. The molecule has 0 saturated carbocycles. The Bertz CT molecular complexity index is 627. The third kappa shape index (κ3) is 3.05. The van der Waals surface area contributed by atoms with Gasteiger partial charge in [0, 0.05) is 11.8 Å². The molecule has 104 valence electrons. The topological polar surface area (TPSA) is 39.2 Å². The van der Waals surface area contributed by atoms with E-state index in [1.807, 2.05) is 24.3 Å². The maximum absolute atomic E-state index is 11.6. The van der Waals surface area contributed by atoms with E-state index in [0.717, 1.165) is 11.3 Å². The minimum Gasteiger partial charge on any atom is -0.438 e. The lowest BCUT2D eigenvalue weighted by Crippen LogP contribution is -2.12. The highest BCUT2D eigenvalue weighted by Crippen LogP contribution is 2.34. The van der Waals surface area contributed by atoms with Gasteiger partial charge >= 0.3 is 0 Å². The Morgan fingerprint density at radius 3 is 2.45 bits per heavy atom. The number of carbonyl (C=O) groups excluding carboxylic acids is 1. The quantitative estimate of drug-likeness (QED) is 0.776. The summed E-state index contributed by atoms with van der Waals surface area (Å²) < 4.78 is 5.90. The molecule has 0 atom stereocenters. The number of aromatic nitrogens is 1.